The number of aromatic nitrogens is 1. The molecule has 3 nitrogen and oxygen atoms in total. The lowest BCUT2D eigenvalue weighted by atomic mass is 10.2. The number of para-hydroxylation sites is 2. The summed E-state index contributed by atoms with van der Waals surface area (Å²) in [4.78, 5) is 8.73. The molecule has 0 radical (unpaired) electrons. The van der Waals surface area contributed by atoms with Crippen molar-refractivity contribution in [3.63, 3.8) is 0 Å². The van der Waals surface area contributed by atoms with Crippen molar-refractivity contribution >= 4 is 11.9 Å². The van der Waals surface area contributed by atoms with E-state index in [0.29, 0.717) is 0 Å². The smallest absolute Gasteiger partial charge is 0.144 e. The van der Waals surface area contributed by atoms with Crippen molar-refractivity contribution in [1.29, 1.82) is 0 Å². The quantitative estimate of drug-likeness (QED) is 0.768. The van der Waals surface area contributed by atoms with Crippen molar-refractivity contribution in [2.75, 3.05) is 7.11 Å². The largest absolute Gasteiger partial charge is 0.494 e. The summed E-state index contributed by atoms with van der Waals surface area (Å²) >= 11 is 0. The van der Waals surface area contributed by atoms with E-state index >= 15 is 0 Å². The maximum atomic E-state index is 5.23. The third-order valence-electron chi connectivity index (χ3n) is 2.59. The Kier molecular flexibility index (Phi) is 4.07. The van der Waals surface area contributed by atoms with Gasteiger partial charge in [-0.1, -0.05) is 18.2 Å². The molecule has 2 rings (SSSR count). The van der Waals surface area contributed by atoms with Gasteiger partial charge in [0.05, 0.1) is 7.11 Å². The maximum absolute atomic E-state index is 5.23. The zero-order chi connectivity index (χ0) is 12.8. The third kappa shape index (κ3) is 3.17. The Morgan fingerprint density at radius 2 is 2.06 bits per heavy atom. The van der Waals surface area contributed by atoms with Crippen LogP contribution in [0.15, 0.2) is 47.6 Å². The Hall–Kier alpha value is -2.16. The van der Waals surface area contributed by atoms with Crippen LogP contribution in [-0.4, -0.2) is 18.3 Å². The minimum atomic E-state index is 0.721. The molecule has 0 atom stereocenters. The highest BCUT2D eigenvalue weighted by Crippen LogP contribution is 2.25. The molecule has 2 aromatic rings. The predicted octanol–water partition coefficient (Wildman–Crippen LogP) is 3.34. The van der Waals surface area contributed by atoms with Crippen molar-refractivity contribution in [2.24, 2.45) is 4.99 Å². The predicted molar refractivity (Wildman–Crippen MR) is 73.8 cm³/mol. The normalized spacial score (nSPS) is 10.8. The summed E-state index contributed by atoms with van der Waals surface area (Å²) in [5.74, 6) is 0.783. The van der Waals surface area contributed by atoms with Crippen LogP contribution in [0.25, 0.3) is 0 Å². The van der Waals surface area contributed by atoms with Gasteiger partial charge in [0, 0.05) is 24.5 Å². The summed E-state index contributed by atoms with van der Waals surface area (Å²) in [6.07, 6.45) is 4.44. The van der Waals surface area contributed by atoms with Crippen LogP contribution in [0.5, 0.6) is 5.75 Å². The monoisotopic (exact) mass is 240 g/mol. The summed E-state index contributed by atoms with van der Waals surface area (Å²) < 4.78 is 5.23. The zero-order valence-corrected chi connectivity index (χ0v) is 10.6. The fourth-order valence-corrected chi connectivity index (χ4v) is 1.59. The van der Waals surface area contributed by atoms with E-state index in [-0.39, 0.29) is 0 Å². The molecule has 1 aromatic heterocycles. The highest BCUT2D eigenvalue weighted by atomic mass is 16.5. The maximum Gasteiger partial charge on any atom is 0.144 e. The molecule has 18 heavy (non-hydrogen) atoms. The highest BCUT2D eigenvalue weighted by Gasteiger charge is 1.97. The molecule has 0 unspecified atom stereocenters. The second-order valence-electron chi connectivity index (χ2n) is 4.01. The average Bonchev–Trinajstić information content (AvgIpc) is 2.41. The van der Waals surface area contributed by atoms with Crippen LogP contribution < -0.4 is 4.74 Å². The van der Waals surface area contributed by atoms with E-state index in [1.165, 1.54) is 5.56 Å². The number of pyridine rings is 1. The second kappa shape index (κ2) is 5.96. The lowest BCUT2D eigenvalue weighted by Gasteiger charge is -2.02. The topological polar surface area (TPSA) is 34.5 Å². The van der Waals surface area contributed by atoms with E-state index in [9.17, 15) is 0 Å². The number of benzene rings is 1. The van der Waals surface area contributed by atoms with Gasteiger partial charge in [-0.25, -0.2) is 0 Å². The number of hydrogen-bond acceptors (Lipinski definition) is 3. The number of hydrogen-bond donors (Lipinski definition) is 0. The lowest BCUT2D eigenvalue weighted by molar-refractivity contribution is 0.416. The second-order valence-corrected chi connectivity index (χ2v) is 4.01. The number of aliphatic imine (C=N–C) groups is 1. The molecule has 0 spiro atoms. The van der Waals surface area contributed by atoms with Crippen molar-refractivity contribution < 1.29 is 4.74 Å². The van der Waals surface area contributed by atoms with Gasteiger partial charge in [0.1, 0.15) is 11.4 Å². The van der Waals surface area contributed by atoms with Gasteiger partial charge in [-0.3, -0.25) is 9.98 Å². The molecule has 0 amide bonds. The molecule has 0 saturated carbocycles. The molecule has 0 N–H and O–H groups in total. The SMILES string of the molecule is COc1ccccc1N=CCc1ccc(C)cn1. The Morgan fingerprint density at radius 1 is 1.22 bits per heavy atom. The molecule has 0 fully saturated rings. The minimum absolute atomic E-state index is 0.721. The first-order chi connectivity index (χ1) is 8.79. The standard InChI is InChI=1S/C15H16N2O/c1-12-7-8-13(17-11-12)9-10-16-14-5-3-4-6-15(14)18-2/h3-8,10-11H,9H2,1-2H3. The van der Waals surface area contributed by atoms with Crippen LogP contribution in [0.3, 0.4) is 0 Å². The molecule has 1 heterocycles. The third-order valence-corrected chi connectivity index (χ3v) is 2.59. The van der Waals surface area contributed by atoms with Gasteiger partial charge in [0.15, 0.2) is 0 Å². The number of ether oxygens (including phenoxy) is 1. The first kappa shape index (κ1) is 12.3. The average molecular weight is 240 g/mol. The zero-order valence-electron chi connectivity index (χ0n) is 10.6. The molecule has 92 valence electrons. The van der Waals surface area contributed by atoms with E-state index in [1.807, 2.05) is 49.7 Å². The van der Waals surface area contributed by atoms with Crippen LogP contribution in [-0.2, 0) is 6.42 Å². The fraction of sp³-hybridized carbons (Fsp3) is 0.200. The van der Waals surface area contributed by atoms with Gasteiger partial charge in [-0.2, -0.15) is 0 Å². The van der Waals surface area contributed by atoms with Crippen molar-refractivity contribution in [2.45, 2.75) is 13.3 Å². The molecular formula is C15H16N2O. The van der Waals surface area contributed by atoms with Crippen LogP contribution in [0.1, 0.15) is 11.3 Å². The van der Waals surface area contributed by atoms with Gasteiger partial charge in [-0.05, 0) is 30.7 Å². The Morgan fingerprint density at radius 3 is 2.78 bits per heavy atom. The van der Waals surface area contributed by atoms with Gasteiger partial charge in [0.25, 0.3) is 0 Å². The van der Waals surface area contributed by atoms with Crippen LogP contribution >= 0.6 is 0 Å². The van der Waals surface area contributed by atoms with Gasteiger partial charge in [-0.15, -0.1) is 0 Å². The molecule has 0 aliphatic carbocycles. The van der Waals surface area contributed by atoms with Gasteiger partial charge in [0.2, 0.25) is 0 Å². The Balaban J connectivity index is 2.05. The summed E-state index contributed by atoms with van der Waals surface area (Å²) in [5.41, 5.74) is 3.02. The first-order valence-electron chi connectivity index (χ1n) is 5.86. The molecule has 0 bridgehead atoms. The van der Waals surface area contributed by atoms with E-state index in [1.54, 1.807) is 7.11 Å². The molecular weight excluding hydrogens is 224 g/mol. The minimum Gasteiger partial charge on any atom is -0.494 e. The summed E-state index contributed by atoms with van der Waals surface area (Å²) in [5, 5.41) is 0. The molecule has 0 aliphatic rings. The van der Waals surface area contributed by atoms with E-state index in [0.717, 1.165) is 23.6 Å². The number of aryl methyl sites for hydroxylation is 1. The van der Waals surface area contributed by atoms with Crippen molar-refractivity contribution in [3.8, 4) is 5.75 Å². The first-order valence-corrected chi connectivity index (χ1v) is 5.86. The Labute approximate surface area is 107 Å². The molecule has 0 saturated heterocycles. The van der Waals surface area contributed by atoms with Crippen LogP contribution in [0.2, 0.25) is 0 Å². The van der Waals surface area contributed by atoms with Gasteiger partial charge >= 0.3 is 0 Å². The van der Waals surface area contributed by atoms with Crippen LogP contribution in [0, 0.1) is 6.92 Å². The molecule has 3 heteroatoms. The summed E-state index contributed by atoms with van der Waals surface area (Å²) in [6.45, 7) is 2.03. The van der Waals surface area contributed by atoms with E-state index in [4.69, 9.17) is 4.74 Å². The highest BCUT2D eigenvalue weighted by molar-refractivity contribution is 5.68. The number of rotatable bonds is 4. The van der Waals surface area contributed by atoms with E-state index in [2.05, 4.69) is 16.0 Å². The lowest BCUT2D eigenvalue weighted by Crippen LogP contribution is -1.91. The van der Waals surface area contributed by atoms with Crippen LogP contribution in [0.4, 0.5) is 5.69 Å². The fourth-order valence-electron chi connectivity index (χ4n) is 1.59. The van der Waals surface area contributed by atoms with Crippen molar-refractivity contribution in [1.82, 2.24) is 4.98 Å². The summed E-state index contributed by atoms with van der Waals surface area (Å²) in [6, 6.07) is 11.8. The summed E-state index contributed by atoms with van der Waals surface area (Å²) in [7, 11) is 1.65. The van der Waals surface area contributed by atoms with Gasteiger partial charge < -0.3 is 4.74 Å². The Bertz CT molecular complexity index is 532. The van der Waals surface area contributed by atoms with E-state index < -0.39 is 0 Å². The number of nitrogens with zero attached hydrogens (tertiary/aromatic N) is 2. The van der Waals surface area contributed by atoms with Crippen molar-refractivity contribution in [3.05, 3.63) is 53.9 Å². The molecule has 0 aliphatic heterocycles. The molecule has 1 aromatic carbocycles. The number of methoxy groups -OCH3 is 1.